The lowest BCUT2D eigenvalue weighted by Crippen LogP contribution is -2.30. The maximum atomic E-state index is 13.3. The second-order valence-electron chi connectivity index (χ2n) is 7.74. The first-order valence-electron chi connectivity index (χ1n) is 10.5. The summed E-state index contributed by atoms with van der Waals surface area (Å²) in [6.07, 6.45) is 0. The number of anilines is 2. The zero-order valence-corrected chi connectivity index (χ0v) is 19.1. The summed E-state index contributed by atoms with van der Waals surface area (Å²) in [4.78, 5) is 26.2. The molecule has 0 aliphatic carbocycles. The van der Waals surface area contributed by atoms with E-state index < -0.39 is 0 Å². The Hall–Kier alpha value is -3.77. The van der Waals surface area contributed by atoms with E-state index >= 15 is 0 Å². The zero-order valence-electron chi connectivity index (χ0n) is 18.4. The molecule has 33 heavy (non-hydrogen) atoms. The Labute approximate surface area is 196 Å². The lowest BCUT2D eigenvalue weighted by atomic mass is 10.1. The number of amides is 1. The van der Waals surface area contributed by atoms with Crippen LogP contribution in [0.25, 0.3) is 10.9 Å². The fourth-order valence-electron chi connectivity index (χ4n) is 3.67. The summed E-state index contributed by atoms with van der Waals surface area (Å²) in [6, 6.07) is 22.4. The maximum absolute atomic E-state index is 13.3. The van der Waals surface area contributed by atoms with Gasteiger partial charge in [-0.25, -0.2) is 0 Å². The fourth-order valence-corrected chi connectivity index (χ4v) is 3.92. The quantitative estimate of drug-likeness (QED) is 0.395. The normalized spacial score (nSPS) is 10.8. The van der Waals surface area contributed by atoms with Crippen LogP contribution in [0.3, 0.4) is 0 Å². The highest BCUT2D eigenvalue weighted by molar-refractivity contribution is 6.32. The molecular weight excluding hydrogens is 438 g/mol. The molecular formula is C26H24ClN3O3. The molecule has 2 N–H and O–H groups in total. The van der Waals surface area contributed by atoms with Crippen molar-refractivity contribution in [2.75, 3.05) is 17.7 Å². The van der Waals surface area contributed by atoms with Crippen LogP contribution in [0.2, 0.25) is 5.02 Å². The average Bonchev–Trinajstić information content (AvgIpc) is 2.81. The van der Waals surface area contributed by atoms with Gasteiger partial charge in [0.2, 0.25) is 5.91 Å². The van der Waals surface area contributed by atoms with Crippen molar-refractivity contribution in [3.8, 4) is 5.75 Å². The highest BCUT2D eigenvalue weighted by Crippen LogP contribution is 2.27. The van der Waals surface area contributed by atoms with Crippen molar-refractivity contribution in [2.45, 2.75) is 20.0 Å². The molecule has 3 aromatic carbocycles. The van der Waals surface area contributed by atoms with Gasteiger partial charge in [0.25, 0.3) is 5.56 Å². The van der Waals surface area contributed by atoms with Crippen LogP contribution < -0.4 is 20.9 Å². The van der Waals surface area contributed by atoms with E-state index in [1.165, 1.54) is 11.7 Å². The number of hydrogen-bond donors (Lipinski definition) is 2. The number of pyridine rings is 1. The second kappa shape index (κ2) is 9.79. The van der Waals surface area contributed by atoms with E-state index in [2.05, 4.69) is 10.6 Å². The lowest BCUT2D eigenvalue weighted by Gasteiger charge is -2.15. The first kappa shape index (κ1) is 22.4. The topological polar surface area (TPSA) is 72.4 Å². The maximum Gasteiger partial charge on any atom is 0.256 e. The first-order valence-corrected chi connectivity index (χ1v) is 10.9. The van der Waals surface area contributed by atoms with Crippen molar-refractivity contribution in [3.05, 3.63) is 99.3 Å². The largest absolute Gasteiger partial charge is 0.495 e. The molecule has 0 saturated carbocycles. The average molecular weight is 462 g/mol. The van der Waals surface area contributed by atoms with Crippen molar-refractivity contribution in [1.82, 2.24) is 4.57 Å². The second-order valence-corrected chi connectivity index (χ2v) is 8.15. The third-order valence-corrected chi connectivity index (χ3v) is 5.62. The number of nitrogens with zero attached hydrogens (tertiary/aromatic N) is 1. The molecule has 0 spiro atoms. The van der Waals surface area contributed by atoms with Gasteiger partial charge in [-0.1, -0.05) is 41.9 Å². The number of rotatable bonds is 7. The number of nitrogens with one attached hydrogen (secondary N) is 2. The van der Waals surface area contributed by atoms with Gasteiger partial charge in [-0.05, 0) is 60.3 Å². The Kier molecular flexibility index (Phi) is 6.66. The number of methoxy groups -OCH3 is 1. The van der Waals surface area contributed by atoms with Crippen molar-refractivity contribution in [3.63, 3.8) is 0 Å². The molecule has 0 bridgehead atoms. The molecule has 1 heterocycles. The van der Waals surface area contributed by atoms with Gasteiger partial charge in [-0.2, -0.15) is 0 Å². The SMILES string of the molecule is COc1ccc(NC(=O)Cn2c(=O)c(CNc3ccccc3)cc3ccc(C)cc32)cc1Cl. The number of para-hydroxylation sites is 1. The number of benzene rings is 3. The third kappa shape index (κ3) is 5.18. The summed E-state index contributed by atoms with van der Waals surface area (Å²) < 4.78 is 6.67. The number of fused-ring (bicyclic) bond motifs is 1. The smallest absolute Gasteiger partial charge is 0.256 e. The Bertz CT molecular complexity index is 1370. The van der Waals surface area contributed by atoms with Crippen LogP contribution >= 0.6 is 11.6 Å². The van der Waals surface area contributed by atoms with Gasteiger partial charge < -0.3 is 15.4 Å². The number of aryl methyl sites for hydroxylation is 1. The van der Waals surface area contributed by atoms with E-state index in [1.807, 2.05) is 61.5 Å². The van der Waals surface area contributed by atoms with Crippen LogP contribution in [0, 0.1) is 6.92 Å². The summed E-state index contributed by atoms with van der Waals surface area (Å²) in [5, 5.41) is 7.37. The number of carbonyl (C=O) groups is 1. The van der Waals surface area contributed by atoms with E-state index in [0.717, 1.165) is 16.6 Å². The van der Waals surface area contributed by atoms with Crippen LogP contribution in [0.4, 0.5) is 11.4 Å². The number of aromatic nitrogens is 1. The number of carbonyl (C=O) groups excluding carboxylic acids is 1. The Morgan fingerprint density at radius 2 is 1.79 bits per heavy atom. The molecule has 0 unspecified atom stereocenters. The van der Waals surface area contributed by atoms with Crippen LogP contribution in [-0.2, 0) is 17.9 Å². The van der Waals surface area contributed by atoms with Gasteiger partial charge in [-0.15, -0.1) is 0 Å². The van der Waals surface area contributed by atoms with Crippen LogP contribution in [-0.4, -0.2) is 17.6 Å². The molecule has 7 heteroatoms. The number of halogens is 1. The molecule has 4 rings (SSSR count). The van der Waals surface area contributed by atoms with E-state index in [1.54, 1.807) is 18.2 Å². The minimum absolute atomic E-state index is 0.123. The molecule has 6 nitrogen and oxygen atoms in total. The third-order valence-electron chi connectivity index (χ3n) is 5.32. The van der Waals surface area contributed by atoms with E-state index in [0.29, 0.717) is 34.1 Å². The Morgan fingerprint density at radius 1 is 1.00 bits per heavy atom. The van der Waals surface area contributed by atoms with E-state index in [4.69, 9.17) is 16.3 Å². The van der Waals surface area contributed by atoms with Crippen LogP contribution in [0.1, 0.15) is 11.1 Å². The fraction of sp³-hybridized carbons (Fsp3) is 0.154. The minimum atomic E-state index is -0.325. The summed E-state index contributed by atoms with van der Waals surface area (Å²) in [6.45, 7) is 2.18. The molecule has 4 aromatic rings. The van der Waals surface area contributed by atoms with Crippen LogP contribution in [0.15, 0.2) is 77.6 Å². The lowest BCUT2D eigenvalue weighted by molar-refractivity contribution is -0.116. The highest BCUT2D eigenvalue weighted by atomic mass is 35.5. The van der Waals surface area contributed by atoms with Gasteiger partial charge in [0.15, 0.2) is 0 Å². The predicted molar refractivity (Wildman–Crippen MR) is 133 cm³/mol. The molecule has 1 aromatic heterocycles. The van der Waals surface area contributed by atoms with Gasteiger partial charge >= 0.3 is 0 Å². The van der Waals surface area contributed by atoms with Crippen molar-refractivity contribution in [1.29, 1.82) is 0 Å². The molecule has 1 amide bonds. The van der Waals surface area contributed by atoms with E-state index in [9.17, 15) is 9.59 Å². The minimum Gasteiger partial charge on any atom is -0.495 e. The molecule has 0 fully saturated rings. The van der Waals surface area contributed by atoms with E-state index in [-0.39, 0.29) is 18.0 Å². The number of hydrogen-bond acceptors (Lipinski definition) is 4. The molecule has 0 aliphatic rings. The molecule has 168 valence electrons. The van der Waals surface area contributed by atoms with Gasteiger partial charge in [0.05, 0.1) is 17.6 Å². The van der Waals surface area contributed by atoms with Gasteiger partial charge in [0.1, 0.15) is 12.3 Å². The van der Waals surface area contributed by atoms with Gasteiger partial charge in [0, 0.05) is 23.5 Å². The van der Waals surface area contributed by atoms with Crippen molar-refractivity contribution < 1.29 is 9.53 Å². The summed E-state index contributed by atoms with van der Waals surface area (Å²) >= 11 is 6.16. The first-order chi connectivity index (χ1) is 15.9. The molecule has 0 atom stereocenters. The summed E-state index contributed by atoms with van der Waals surface area (Å²) in [5.74, 6) is 0.195. The monoisotopic (exact) mass is 461 g/mol. The highest BCUT2D eigenvalue weighted by Gasteiger charge is 2.14. The zero-order chi connectivity index (χ0) is 23.4. The standard InChI is InChI=1S/C26H24ClN3O3/c1-17-8-9-18-13-19(15-28-20-6-4-3-5-7-20)26(32)30(23(18)12-17)16-25(31)29-21-10-11-24(33-2)22(27)14-21/h3-14,28H,15-16H2,1-2H3,(H,29,31). The molecule has 0 saturated heterocycles. The Morgan fingerprint density at radius 3 is 2.52 bits per heavy atom. The molecule has 0 aliphatic heterocycles. The predicted octanol–water partition coefficient (Wildman–Crippen LogP) is 5.22. The molecule has 0 radical (unpaired) electrons. The summed E-state index contributed by atoms with van der Waals surface area (Å²) in [7, 11) is 1.53. The van der Waals surface area contributed by atoms with Crippen molar-refractivity contribution in [2.24, 2.45) is 0 Å². The van der Waals surface area contributed by atoms with Crippen LogP contribution in [0.5, 0.6) is 5.75 Å². The van der Waals surface area contributed by atoms with Gasteiger partial charge in [-0.3, -0.25) is 14.2 Å². The Balaban J connectivity index is 1.64. The summed E-state index contributed by atoms with van der Waals surface area (Å²) in [5.41, 5.74) is 3.54. The number of ether oxygens (including phenoxy) is 1. The van der Waals surface area contributed by atoms with Crippen molar-refractivity contribution >= 4 is 39.8 Å².